The first kappa shape index (κ1) is 59.8. The van der Waals surface area contributed by atoms with Gasteiger partial charge >= 0.3 is 0 Å². The quantitative estimate of drug-likeness (QED) is 0.0658. The van der Waals surface area contributed by atoms with Gasteiger partial charge in [0.25, 0.3) is 0 Å². The maximum atomic E-state index is 13.1. The van der Waals surface area contributed by atoms with E-state index in [0.29, 0.717) is 34.6 Å². The normalized spacial score (nSPS) is 15.7. The summed E-state index contributed by atoms with van der Waals surface area (Å²) in [7, 11) is 0. The number of Topliss-reactive ketones (excluding diaryl/α,β-unsaturated/α-hetero) is 2. The van der Waals surface area contributed by atoms with Crippen LogP contribution in [0.4, 0.5) is 0 Å². The van der Waals surface area contributed by atoms with Gasteiger partial charge < -0.3 is 0 Å². The van der Waals surface area contributed by atoms with E-state index in [-0.39, 0.29) is 11.6 Å². The van der Waals surface area contributed by atoms with Crippen molar-refractivity contribution in [3.63, 3.8) is 0 Å². The highest BCUT2D eigenvalue weighted by Gasteiger charge is 2.28. The molecule has 374 valence electrons. The van der Waals surface area contributed by atoms with Crippen LogP contribution in [0.2, 0.25) is 0 Å². The van der Waals surface area contributed by atoms with E-state index in [1.807, 2.05) is 12.1 Å². The molecule has 68 heavy (non-hydrogen) atoms. The molecular weight excluding hydrogens is 825 g/mol. The number of hydrogen-bond acceptors (Lipinski definition) is 2. The van der Waals surface area contributed by atoms with Crippen LogP contribution in [0, 0.1) is 5.92 Å². The number of allylic oxidation sites excluding steroid dienone is 22. The van der Waals surface area contributed by atoms with Crippen molar-refractivity contribution in [2.24, 2.45) is 5.92 Å². The lowest BCUT2D eigenvalue weighted by atomic mass is 9.83. The number of rotatable bonds is 33. The highest BCUT2D eigenvalue weighted by atomic mass is 16.1. The minimum absolute atomic E-state index is 0.00304. The molecule has 0 aromatic heterocycles. The van der Waals surface area contributed by atoms with Crippen LogP contribution in [0.25, 0.3) is 0 Å². The molecule has 1 atom stereocenters. The molecule has 0 radical (unpaired) electrons. The van der Waals surface area contributed by atoms with Gasteiger partial charge in [0.2, 0.25) is 0 Å². The molecule has 1 aliphatic rings. The largest absolute Gasteiger partial charge is 0.289 e. The summed E-state index contributed by atoms with van der Waals surface area (Å²) >= 11 is 0. The molecule has 2 heteroatoms. The predicted octanol–water partition coefficient (Wildman–Crippen LogP) is 21.1. The van der Waals surface area contributed by atoms with Gasteiger partial charge in [-0.2, -0.15) is 0 Å². The zero-order valence-electron chi connectivity index (χ0n) is 46.0. The number of ketones is 2. The molecular formula is C66H98O2. The standard InChI is InChI=1S/C66H98O2/c1-50(2)26-16-27-51(3)28-17-29-52(4)30-18-31-53(5)32-19-33-54(6)34-20-35-55(7)36-21-37-56(8)38-22-39-57(9)40-23-41-58(10)42-24-43-59(11)44-25-45-60(12)48-49-62-61(13)65(67)63-46-14-15-47-64(63)66(62)68/h14-15,26,28,30,32,34,36,38,40,42,46-48,59H,16-25,27,29,31,33,35,37,39,41,43-45,49H2,1-13H3. The smallest absolute Gasteiger partial charge is 0.190 e. The van der Waals surface area contributed by atoms with Crippen LogP contribution >= 0.6 is 0 Å². The highest BCUT2D eigenvalue weighted by Crippen LogP contribution is 2.29. The second-order valence-corrected chi connectivity index (χ2v) is 21.1. The third kappa shape index (κ3) is 27.0. The number of carbonyl (C=O) groups is 2. The van der Waals surface area contributed by atoms with Gasteiger partial charge in [-0.3, -0.25) is 9.59 Å². The zero-order chi connectivity index (χ0) is 50.3. The van der Waals surface area contributed by atoms with Gasteiger partial charge in [-0.1, -0.05) is 154 Å². The topological polar surface area (TPSA) is 34.1 Å². The van der Waals surface area contributed by atoms with Gasteiger partial charge in [-0.05, 0) is 224 Å². The summed E-state index contributed by atoms with van der Waals surface area (Å²) in [4.78, 5) is 25.9. The van der Waals surface area contributed by atoms with Crippen molar-refractivity contribution in [3.8, 4) is 0 Å². The maximum absolute atomic E-state index is 13.1. The molecule has 1 aliphatic carbocycles. The molecule has 0 saturated carbocycles. The molecule has 1 unspecified atom stereocenters. The Kier molecular flexibility index (Phi) is 30.7. The molecule has 2 rings (SSSR count). The Morgan fingerprint density at radius 1 is 0.397 bits per heavy atom. The Labute approximate surface area is 419 Å². The first-order chi connectivity index (χ1) is 32.5. The molecule has 1 aromatic rings. The first-order valence-electron chi connectivity index (χ1n) is 26.9. The van der Waals surface area contributed by atoms with Crippen LogP contribution in [0.15, 0.2) is 152 Å². The highest BCUT2D eigenvalue weighted by molar-refractivity contribution is 6.26. The lowest BCUT2D eigenvalue weighted by Gasteiger charge is -2.18. The first-order valence-corrected chi connectivity index (χ1v) is 26.9. The van der Waals surface area contributed by atoms with Gasteiger partial charge in [0.15, 0.2) is 11.6 Å². The summed E-state index contributed by atoms with van der Waals surface area (Å²) in [5.74, 6) is 0.682. The van der Waals surface area contributed by atoms with Crippen molar-refractivity contribution in [2.75, 3.05) is 0 Å². The summed E-state index contributed by atoms with van der Waals surface area (Å²) in [5, 5.41) is 0. The Morgan fingerprint density at radius 2 is 0.706 bits per heavy atom. The van der Waals surface area contributed by atoms with E-state index in [1.165, 1.54) is 101 Å². The van der Waals surface area contributed by atoms with Gasteiger partial charge in [-0.15, -0.1) is 0 Å². The van der Waals surface area contributed by atoms with Crippen molar-refractivity contribution in [1.29, 1.82) is 0 Å². The SMILES string of the molecule is CC(C)=CCCC(C)=CCCC(C)=CCCC(C)=CCCC(C)=CCCC(C)=CCCC(C)=CCCC(C)=CCCC(C)=CCCC(C)CCCC(C)=CCC1=C(C)C(=O)c2ccccc2C1=O. The fraction of sp³-hybridized carbons (Fsp3) is 0.545. The third-order valence-corrected chi connectivity index (χ3v) is 13.9. The Morgan fingerprint density at radius 3 is 1.06 bits per heavy atom. The van der Waals surface area contributed by atoms with Crippen LogP contribution < -0.4 is 0 Å². The van der Waals surface area contributed by atoms with Gasteiger partial charge in [0.1, 0.15) is 0 Å². The monoisotopic (exact) mass is 923 g/mol. The van der Waals surface area contributed by atoms with Crippen molar-refractivity contribution in [3.05, 3.63) is 163 Å². The van der Waals surface area contributed by atoms with E-state index >= 15 is 0 Å². The predicted molar refractivity (Wildman–Crippen MR) is 302 cm³/mol. The number of fused-ring (bicyclic) bond motifs is 1. The minimum Gasteiger partial charge on any atom is -0.289 e. The molecule has 0 bridgehead atoms. The Balaban J connectivity index is 1.55. The summed E-state index contributed by atoms with van der Waals surface area (Å²) in [6, 6.07) is 7.19. The van der Waals surface area contributed by atoms with E-state index in [4.69, 9.17) is 0 Å². The van der Waals surface area contributed by atoms with Crippen molar-refractivity contribution < 1.29 is 9.59 Å². The fourth-order valence-corrected chi connectivity index (χ4v) is 8.89. The van der Waals surface area contributed by atoms with E-state index in [9.17, 15) is 9.59 Å². The molecule has 0 N–H and O–H groups in total. The van der Waals surface area contributed by atoms with E-state index < -0.39 is 0 Å². The van der Waals surface area contributed by atoms with Crippen LogP contribution in [0.3, 0.4) is 0 Å². The Hall–Kier alpha value is -4.30. The molecule has 0 heterocycles. The minimum atomic E-state index is -0.0138. The third-order valence-electron chi connectivity index (χ3n) is 13.9. The molecule has 0 spiro atoms. The van der Waals surface area contributed by atoms with Gasteiger partial charge in [0, 0.05) is 22.3 Å². The molecule has 0 amide bonds. The average Bonchev–Trinajstić information content (AvgIpc) is 3.28. The van der Waals surface area contributed by atoms with Gasteiger partial charge in [-0.25, -0.2) is 0 Å². The molecule has 2 nitrogen and oxygen atoms in total. The number of benzene rings is 1. The van der Waals surface area contributed by atoms with Crippen molar-refractivity contribution >= 4 is 11.6 Å². The van der Waals surface area contributed by atoms with Crippen molar-refractivity contribution in [1.82, 2.24) is 0 Å². The summed E-state index contributed by atoms with van der Waals surface area (Å²) in [6.07, 6.45) is 49.0. The van der Waals surface area contributed by atoms with E-state index in [1.54, 1.807) is 19.1 Å². The van der Waals surface area contributed by atoms with E-state index in [0.717, 1.165) is 89.9 Å². The molecule has 0 saturated heterocycles. The average molecular weight is 924 g/mol. The number of hydrogen-bond donors (Lipinski definition) is 0. The molecule has 1 aromatic carbocycles. The van der Waals surface area contributed by atoms with Crippen LogP contribution in [0.1, 0.15) is 252 Å². The summed E-state index contributed by atoms with van der Waals surface area (Å²) in [5.41, 5.74) is 17.2. The second-order valence-electron chi connectivity index (χ2n) is 21.1. The number of carbonyl (C=O) groups excluding carboxylic acids is 2. The molecule has 0 fully saturated rings. The summed E-state index contributed by atoms with van der Waals surface area (Å²) < 4.78 is 0. The maximum Gasteiger partial charge on any atom is 0.190 e. The second kappa shape index (κ2) is 34.9. The van der Waals surface area contributed by atoms with Gasteiger partial charge in [0.05, 0.1) is 0 Å². The van der Waals surface area contributed by atoms with Crippen LogP contribution in [-0.2, 0) is 0 Å². The van der Waals surface area contributed by atoms with E-state index in [2.05, 4.69) is 144 Å². The fourth-order valence-electron chi connectivity index (χ4n) is 8.89. The molecule has 0 aliphatic heterocycles. The van der Waals surface area contributed by atoms with Crippen LogP contribution in [0.5, 0.6) is 0 Å². The van der Waals surface area contributed by atoms with Crippen LogP contribution in [-0.4, -0.2) is 11.6 Å². The summed E-state index contributed by atoms with van der Waals surface area (Å²) in [6.45, 7) is 29.1. The Bertz CT molecular complexity index is 2080. The van der Waals surface area contributed by atoms with Crippen molar-refractivity contribution in [2.45, 2.75) is 231 Å². The lowest BCUT2D eigenvalue weighted by molar-refractivity contribution is 0.0973. The lowest BCUT2D eigenvalue weighted by Crippen LogP contribution is -2.20. The zero-order valence-corrected chi connectivity index (χ0v) is 46.0.